The zero-order valence-electron chi connectivity index (χ0n) is 15.6. The van der Waals surface area contributed by atoms with Crippen LogP contribution >= 0.6 is 0 Å². The Kier molecular flexibility index (Phi) is 7.06. The molecule has 7 heteroatoms. The molecule has 0 saturated carbocycles. The molecule has 7 nitrogen and oxygen atoms in total. The average molecular weight is 330 g/mol. The summed E-state index contributed by atoms with van der Waals surface area (Å²) in [7, 11) is 2.76. The highest BCUT2D eigenvalue weighted by atomic mass is 16.6. The molecule has 0 aromatic rings. The van der Waals surface area contributed by atoms with Crippen LogP contribution < -0.4 is 5.32 Å². The Morgan fingerprint density at radius 2 is 1.52 bits per heavy atom. The van der Waals surface area contributed by atoms with Gasteiger partial charge in [0.25, 0.3) is 0 Å². The van der Waals surface area contributed by atoms with Gasteiger partial charge in [0.05, 0.1) is 7.11 Å². The largest absolute Gasteiger partial charge is 0.467 e. The molecule has 1 unspecified atom stereocenters. The van der Waals surface area contributed by atoms with Gasteiger partial charge in [0.15, 0.2) is 0 Å². The molecule has 0 radical (unpaired) electrons. The van der Waals surface area contributed by atoms with E-state index >= 15 is 0 Å². The number of esters is 1. The van der Waals surface area contributed by atoms with Crippen LogP contribution in [-0.4, -0.2) is 54.7 Å². The van der Waals surface area contributed by atoms with E-state index in [9.17, 15) is 14.4 Å². The number of hydrogen-bond donors (Lipinski definition) is 1. The molecular formula is C16H30N2O5. The molecule has 0 fully saturated rings. The second-order valence-corrected chi connectivity index (χ2v) is 7.59. The minimum atomic E-state index is -0.838. The summed E-state index contributed by atoms with van der Waals surface area (Å²) in [4.78, 5) is 37.6. The fourth-order valence-electron chi connectivity index (χ4n) is 1.80. The van der Waals surface area contributed by atoms with Crippen LogP contribution in [0.4, 0.5) is 4.79 Å². The lowest BCUT2D eigenvalue weighted by Gasteiger charge is -2.35. The van der Waals surface area contributed by atoms with Gasteiger partial charge in [-0.25, -0.2) is 9.59 Å². The Labute approximate surface area is 138 Å². The monoisotopic (exact) mass is 330 g/mol. The summed E-state index contributed by atoms with van der Waals surface area (Å²) >= 11 is 0. The smallest absolute Gasteiger partial charge is 0.408 e. The molecule has 0 aliphatic heterocycles. The minimum absolute atomic E-state index is 0.388. The number of carbonyl (C=O) groups is 3. The van der Waals surface area contributed by atoms with Gasteiger partial charge in [-0.1, -0.05) is 20.8 Å². The lowest BCUT2D eigenvalue weighted by molar-refractivity contribution is -0.152. The summed E-state index contributed by atoms with van der Waals surface area (Å²) in [6.45, 7) is 12.3. The van der Waals surface area contributed by atoms with Gasteiger partial charge < -0.3 is 19.7 Å². The van der Waals surface area contributed by atoms with E-state index in [0.717, 1.165) is 0 Å². The molecular weight excluding hydrogens is 300 g/mol. The van der Waals surface area contributed by atoms with Crippen molar-refractivity contribution < 1.29 is 23.9 Å². The van der Waals surface area contributed by atoms with Crippen molar-refractivity contribution in [2.24, 2.45) is 5.41 Å². The lowest BCUT2D eigenvalue weighted by atomic mass is 9.85. The van der Waals surface area contributed by atoms with E-state index in [2.05, 4.69) is 10.1 Å². The van der Waals surface area contributed by atoms with Gasteiger partial charge in [0.1, 0.15) is 17.7 Å². The lowest BCUT2D eigenvalue weighted by Crippen LogP contribution is -2.57. The van der Waals surface area contributed by atoms with Crippen molar-refractivity contribution in [3.63, 3.8) is 0 Å². The molecule has 1 N–H and O–H groups in total. The van der Waals surface area contributed by atoms with E-state index in [1.165, 1.54) is 19.1 Å². The molecule has 2 atom stereocenters. The molecule has 0 saturated heterocycles. The summed E-state index contributed by atoms with van der Waals surface area (Å²) in [5.74, 6) is -0.910. The molecule has 0 aromatic heterocycles. The summed E-state index contributed by atoms with van der Waals surface area (Å²) in [6.07, 6.45) is -0.676. The van der Waals surface area contributed by atoms with Crippen molar-refractivity contribution >= 4 is 18.0 Å². The third kappa shape index (κ3) is 6.88. The van der Waals surface area contributed by atoms with Crippen molar-refractivity contribution in [2.75, 3.05) is 14.2 Å². The molecule has 2 amide bonds. The van der Waals surface area contributed by atoms with Crippen LogP contribution in [0.2, 0.25) is 0 Å². The minimum Gasteiger partial charge on any atom is -0.467 e. The molecule has 0 aliphatic rings. The first-order chi connectivity index (χ1) is 10.2. The quantitative estimate of drug-likeness (QED) is 0.796. The maximum absolute atomic E-state index is 12.7. The topological polar surface area (TPSA) is 84.9 Å². The van der Waals surface area contributed by atoms with E-state index in [-0.39, 0.29) is 5.91 Å². The molecule has 0 aromatic carbocycles. The maximum Gasteiger partial charge on any atom is 0.408 e. The van der Waals surface area contributed by atoms with Crippen LogP contribution in [0, 0.1) is 5.41 Å². The first-order valence-corrected chi connectivity index (χ1v) is 7.54. The second kappa shape index (κ2) is 7.66. The normalized spacial score (nSPS) is 14.5. The Balaban J connectivity index is 5.23. The number of methoxy groups -OCH3 is 1. The number of likely N-dealkylation sites (N-methyl/N-ethyl adjacent to an activating group) is 1. The van der Waals surface area contributed by atoms with Crippen molar-refractivity contribution in [3.8, 4) is 0 Å². The predicted molar refractivity (Wildman–Crippen MR) is 86.9 cm³/mol. The van der Waals surface area contributed by atoms with Gasteiger partial charge in [-0.15, -0.1) is 0 Å². The van der Waals surface area contributed by atoms with E-state index in [1.54, 1.807) is 27.7 Å². The SMILES string of the molecule is COC(=O)[C@H](C)N(C)C(=O)C(NC(=O)OC(C)(C)C)C(C)(C)C. The number of carbonyl (C=O) groups excluding carboxylic acids is 3. The molecule has 134 valence electrons. The number of rotatable bonds is 4. The molecule has 0 spiro atoms. The summed E-state index contributed by atoms with van der Waals surface area (Å²) in [6, 6.07) is -1.59. The van der Waals surface area contributed by atoms with Crippen LogP contribution in [0.3, 0.4) is 0 Å². The number of hydrogen-bond acceptors (Lipinski definition) is 5. The summed E-state index contributed by atoms with van der Waals surface area (Å²) < 4.78 is 9.86. The van der Waals surface area contributed by atoms with Crippen molar-refractivity contribution in [1.29, 1.82) is 0 Å². The number of nitrogens with one attached hydrogen (secondary N) is 1. The van der Waals surface area contributed by atoms with E-state index in [0.29, 0.717) is 0 Å². The third-order valence-corrected chi connectivity index (χ3v) is 3.24. The van der Waals surface area contributed by atoms with Gasteiger partial charge in [-0.3, -0.25) is 4.79 Å². The highest BCUT2D eigenvalue weighted by Crippen LogP contribution is 2.22. The van der Waals surface area contributed by atoms with Crippen molar-refractivity contribution in [3.05, 3.63) is 0 Å². The Morgan fingerprint density at radius 1 is 1.04 bits per heavy atom. The van der Waals surface area contributed by atoms with Gasteiger partial charge in [0, 0.05) is 7.05 Å². The zero-order chi connectivity index (χ0) is 18.6. The highest BCUT2D eigenvalue weighted by Gasteiger charge is 2.38. The summed E-state index contributed by atoms with van der Waals surface area (Å²) in [5.41, 5.74) is -1.22. The van der Waals surface area contributed by atoms with Crippen LogP contribution in [0.5, 0.6) is 0 Å². The fourth-order valence-corrected chi connectivity index (χ4v) is 1.80. The number of alkyl carbamates (subject to hydrolysis) is 1. The highest BCUT2D eigenvalue weighted by molar-refractivity contribution is 5.90. The van der Waals surface area contributed by atoms with Gasteiger partial charge in [-0.05, 0) is 33.1 Å². The van der Waals surface area contributed by atoms with Crippen LogP contribution in [0.1, 0.15) is 48.5 Å². The molecule has 0 heterocycles. The molecule has 0 rings (SSSR count). The Hall–Kier alpha value is -1.79. The van der Waals surface area contributed by atoms with Gasteiger partial charge >= 0.3 is 12.1 Å². The molecule has 0 bridgehead atoms. The maximum atomic E-state index is 12.7. The number of ether oxygens (including phenoxy) is 2. The van der Waals surface area contributed by atoms with Crippen molar-refractivity contribution in [1.82, 2.24) is 10.2 Å². The standard InChI is InChI=1S/C16H30N2O5/c1-10(13(20)22-9)18(8)12(19)11(15(2,3)4)17-14(21)23-16(5,6)7/h10-11H,1-9H3,(H,17,21)/t10-,11?/m0/s1. The fraction of sp³-hybridized carbons (Fsp3) is 0.812. The van der Waals surface area contributed by atoms with Crippen LogP contribution in [0.25, 0.3) is 0 Å². The number of amides is 2. The zero-order valence-corrected chi connectivity index (χ0v) is 15.6. The van der Waals surface area contributed by atoms with E-state index in [1.807, 2.05) is 20.8 Å². The first-order valence-electron chi connectivity index (χ1n) is 7.54. The third-order valence-electron chi connectivity index (χ3n) is 3.24. The molecule has 23 heavy (non-hydrogen) atoms. The Morgan fingerprint density at radius 3 is 1.87 bits per heavy atom. The number of nitrogens with zero attached hydrogens (tertiary/aromatic N) is 1. The van der Waals surface area contributed by atoms with Crippen molar-refractivity contribution in [2.45, 2.75) is 66.2 Å². The van der Waals surface area contributed by atoms with E-state index in [4.69, 9.17) is 4.74 Å². The summed E-state index contributed by atoms with van der Waals surface area (Å²) in [5, 5.41) is 2.60. The average Bonchev–Trinajstić information content (AvgIpc) is 2.38. The first kappa shape index (κ1) is 21.2. The Bertz CT molecular complexity index is 448. The predicted octanol–water partition coefficient (Wildman–Crippen LogP) is 1.95. The van der Waals surface area contributed by atoms with Crippen LogP contribution in [-0.2, 0) is 19.1 Å². The van der Waals surface area contributed by atoms with Crippen LogP contribution in [0.15, 0.2) is 0 Å². The second-order valence-electron chi connectivity index (χ2n) is 7.59. The van der Waals surface area contributed by atoms with Gasteiger partial charge in [0.2, 0.25) is 5.91 Å². The van der Waals surface area contributed by atoms with E-state index < -0.39 is 35.2 Å². The van der Waals surface area contributed by atoms with Gasteiger partial charge in [-0.2, -0.15) is 0 Å². The molecule has 0 aliphatic carbocycles.